The molecular formula is C10H23N3O. The Morgan fingerprint density at radius 3 is 2.79 bits per heavy atom. The predicted molar refractivity (Wildman–Crippen MR) is 58.2 cm³/mol. The third-order valence-electron chi connectivity index (χ3n) is 3.16. The number of nitrogens with zero attached hydrogens (tertiary/aromatic N) is 2. The van der Waals surface area contributed by atoms with Crippen LogP contribution in [-0.2, 0) is 0 Å². The number of rotatable bonds is 4. The number of piperidine rings is 1. The third kappa shape index (κ3) is 2.92. The number of aliphatic hydroxyl groups excluding tert-OH is 1. The highest BCUT2D eigenvalue weighted by Crippen LogP contribution is 2.15. The van der Waals surface area contributed by atoms with Gasteiger partial charge in [0.1, 0.15) is 0 Å². The van der Waals surface area contributed by atoms with Gasteiger partial charge in [0.25, 0.3) is 0 Å². The van der Waals surface area contributed by atoms with E-state index in [0.29, 0.717) is 12.6 Å². The summed E-state index contributed by atoms with van der Waals surface area (Å²) in [6.07, 6.45) is 2.46. The highest BCUT2D eigenvalue weighted by Gasteiger charge is 2.25. The first kappa shape index (κ1) is 11.9. The zero-order valence-electron chi connectivity index (χ0n) is 9.32. The fourth-order valence-electron chi connectivity index (χ4n) is 2.08. The summed E-state index contributed by atoms with van der Waals surface area (Å²) in [6, 6.07) is 0.766. The van der Waals surface area contributed by atoms with Crippen molar-refractivity contribution < 1.29 is 5.11 Å². The van der Waals surface area contributed by atoms with Crippen molar-refractivity contribution in [2.45, 2.75) is 24.9 Å². The van der Waals surface area contributed by atoms with Gasteiger partial charge in [-0.1, -0.05) is 0 Å². The highest BCUT2D eigenvalue weighted by molar-refractivity contribution is 4.82. The zero-order chi connectivity index (χ0) is 10.6. The van der Waals surface area contributed by atoms with Crippen molar-refractivity contribution >= 4 is 0 Å². The molecule has 4 heteroatoms. The average Bonchev–Trinajstić information content (AvgIpc) is 2.20. The van der Waals surface area contributed by atoms with Gasteiger partial charge in [0, 0.05) is 25.2 Å². The summed E-state index contributed by atoms with van der Waals surface area (Å²) in [6.45, 7) is 2.84. The van der Waals surface area contributed by atoms with Gasteiger partial charge in [-0.05, 0) is 33.5 Å². The van der Waals surface area contributed by atoms with E-state index in [4.69, 9.17) is 10.8 Å². The molecule has 0 amide bonds. The minimum Gasteiger partial charge on any atom is -0.395 e. The Morgan fingerprint density at radius 2 is 2.29 bits per heavy atom. The largest absolute Gasteiger partial charge is 0.395 e. The normalized spacial score (nSPS) is 26.8. The topological polar surface area (TPSA) is 52.7 Å². The first-order chi connectivity index (χ1) is 6.69. The first-order valence-corrected chi connectivity index (χ1v) is 5.40. The first-order valence-electron chi connectivity index (χ1n) is 5.40. The van der Waals surface area contributed by atoms with E-state index < -0.39 is 0 Å². The molecule has 1 aliphatic heterocycles. The Hall–Kier alpha value is -0.160. The molecule has 0 radical (unpaired) electrons. The van der Waals surface area contributed by atoms with E-state index in [-0.39, 0.29) is 12.6 Å². The Labute approximate surface area is 86.7 Å². The van der Waals surface area contributed by atoms with Crippen molar-refractivity contribution in [3.63, 3.8) is 0 Å². The summed E-state index contributed by atoms with van der Waals surface area (Å²) in [7, 11) is 4.23. The van der Waals surface area contributed by atoms with Gasteiger partial charge in [0.2, 0.25) is 0 Å². The summed E-state index contributed by atoms with van der Waals surface area (Å²) in [5, 5.41) is 9.17. The van der Waals surface area contributed by atoms with Crippen LogP contribution >= 0.6 is 0 Å². The maximum Gasteiger partial charge on any atom is 0.0599 e. The van der Waals surface area contributed by atoms with Crippen LogP contribution in [0, 0.1) is 0 Å². The molecule has 2 unspecified atom stereocenters. The summed E-state index contributed by atoms with van der Waals surface area (Å²) >= 11 is 0. The zero-order valence-corrected chi connectivity index (χ0v) is 9.32. The van der Waals surface area contributed by atoms with Gasteiger partial charge < -0.3 is 15.7 Å². The molecule has 1 aliphatic rings. The van der Waals surface area contributed by atoms with Crippen molar-refractivity contribution in [2.24, 2.45) is 5.73 Å². The molecule has 0 aromatic heterocycles. The Morgan fingerprint density at radius 1 is 1.57 bits per heavy atom. The molecule has 1 fully saturated rings. The highest BCUT2D eigenvalue weighted by atomic mass is 16.3. The molecule has 0 saturated carbocycles. The van der Waals surface area contributed by atoms with Gasteiger partial charge in [0.15, 0.2) is 0 Å². The monoisotopic (exact) mass is 201 g/mol. The minimum absolute atomic E-state index is 0.151. The van der Waals surface area contributed by atoms with Crippen LogP contribution in [0.4, 0.5) is 0 Å². The Bertz CT molecular complexity index is 159. The summed E-state index contributed by atoms with van der Waals surface area (Å²) in [5.41, 5.74) is 5.62. The lowest BCUT2D eigenvalue weighted by molar-refractivity contribution is 0.0685. The van der Waals surface area contributed by atoms with Crippen LogP contribution in [0.2, 0.25) is 0 Å². The SMILES string of the molecule is CN(C)C1CCCN(C(CN)CO)C1. The van der Waals surface area contributed by atoms with E-state index in [1.165, 1.54) is 12.8 Å². The third-order valence-corrected chi connectivity index (χ3v) is 3.16. The van der Waals surface area contributed by atoms with E-state index in [9.17, 15) is 0 Å². The van der Waals surface area contributed by atoms with E-state index in [0.717, 1.165) is 13.1 Å². The van der Waals surface area contributed by atoms with E-state index in [1.807, 2.05) is 0 Å². The summed E-state index contributed by atoms with van der Waals surface area (Å²) < 4.78 is 0. The van der Waals surface area contributed by atoms with Gasteiger partial charge in [0.05, 0.1) is 6.61 Å². The van der Waals surface area contributed by atoms with Crippen LogP contribution in [0.5, 0.6) is 0 Å². The van der Waals surface area contributed by atoms with Crippen molar-refractivity contribution in [3.05, 3.63) is 0 Å². The minimum atomic E-state index is 0.151. The molecule has 0 aromatic carbocycles. The lowest BCUT2D eigenvalue weighted by Crippen LogP contribution is -2.52. The Kier molecular flexibility index (Phi) is 4.81. The lowest BCUT2D eigenvalue weighted by Gasteiger charge is -2.39. The van der Waals surface area contributed by atoms with E-state index in [1.54, 1.807) is 0 Å². The molecule has 1 rings (SSSR count). The maximum absolute atomic E-state index is 9.17. The van der Waals surface area contributed by atoms with Gasteiger partial charge in [-0.2, -0.15) is 0 Å². The smallest absolute Gasteiger partial charge is 0.0599 e. The maximum atomic E-state index is 9.17. The fourth-order valence-corrected chi connectivity index (χ4v) is 2.08. The van der Waals surface area contributed by atoms with Gasteiger partial charge in [-0.25, -0.2) is 0 Å². The van der Waals surface area contributed by atoms with Crippen LogP contribution in [0.25, 0.3) is 0 Å². The molecule has 84 valence electrons. The number of likely N-dealkylation sites (N-methyl/N-ethyl adjacent to an activating group) is 1. The molecule has 0 bridgehead atoms. The molecule has 1 saturated heterocycles. The number of aliphatic hydroxyl groups is 1. The van der Waals surface area contributed by atoms with E-state index >= 15 is 0 Å². The van der Waals surface area contributed by atoms with Gasteiger partial charge in [-0.3, -0.25) is 4.90 Å². The van der Waals surface area contributed by atoms with Crippen molar-refractivity contribution in [2.75, 3.05) is 40.3 Å². The van der Waals surface area contributed by atoms with Gasteiger partial charge in [-0.15, -0.1) is 0 Å². The van der Waals surface area contributed by atoms with Crippen LogP contribution in [0.15, 0.2) is 0 Å². The quantitative estimate of drug-likeness (QED) is 0.633. The van der Waals surface area contributed by atoms with Crippen molar-refractivity contribution in [3.8, 4) is 0 Å². The lowest BCUT2D eigenvalue weighted by atomic mass is 10.0. The summed E-state index contributed by atoms with van der Waals surface area (Å²) in [4.78, 5) is 4.57. The van der Waals surface area contributed by atoms with Crippen molar-refractivity contribution in [1.29, 1.82) is 0 Å². The molecule has 2 atom stereocenters. The second-order valence-electron chi connectivity index (χ2n) is 4.33. The van der Waals surface area contributed by atoms with Crippen LogP contribution in [-0.4, -0.2) is 67.3 Å². The molecule has 0 spiro atoms. The molecular weight excluding hydrogens is 178 g/mol. The molecule has 1 heterocycles. The van der Waals surface area contributed by atoms with E-state index in [2.05, 4.69) is 23.9 Å². The molecule has 14 heavy (non-hydrogen) atoms. The Balaban J connectivity index is 2.46. The van der Waals surface area contributed by atoms with Crippen LogP contribution in [0.1, 0.15) is 12.8 Å². The van der Waals surface area contributed by atoms with Crippen LogP contribution in [0.3, 0.4) is 0 Å². The fraction of sp³-hybridized carbons (Fsp3) is 1.00. The predicted octanol–water partition coefficient (Wildman–Crippen LogP) is -0.668. The van der Waals surface area contributed by atoms with Gasteiger partial charge >= 0.3 is 0 Å². The average molecular weight is 201 g/mol. The number of hydrogen-bond donors (Lipinski definition) is 2. The molecule has 4 nitrogen and oxygen atoms in total. The molecule has 0 aromatic rings. The molecule has 0 aliphatic carbocycles. The molecule has 3 N–H and O–H groups in total. The van der Waals surface area contributed by atoms with Crippen LogP contribution < -0.4 is 5.73 Å². The number of nitrogens with two attached hydrogens (primary N) is 1. The second-order valence-corrected chi connectivity index (χ2v) is 4.33. The van der Waals surface area contributed by atoms with Crippen molar-refractivity contribution in [1.82, 2.24) is 9.80 Å². The standard InChI is InChI=1S/C10H23N3O/c1-12(2)9-4-3-5-13(7-9)10(6-11)8-14/h9-10,14H,3-8,11H2,1-2H3. The number of hydrogen-bond acceptors (Lipinski definition) is 4. The number of likely N-dealkylation sites (tertiary alicyclic amines) is 1. The summed E-state index contributed by atoms with van der Waals surface area (Å²) in [5.74, 6) is 0. The second kappa shape index (κ2) is 5.66.